The van der Waals surface area contributed by atoms with Crippen LogP contribution in [0.25, 0.3) is 0 Å². The molecule has 96 valence electrons. The number of rotatable bonds is 7. The zero-order chi connectivity index (χ0) is 13.3. The molecule has 5 heteroatoms. The summed E-state index contributed by atoms with van der Waals surface area (Å²) in [7, 11) is 0. The number of nitrogens with zero attached hydrogens (tertiary/aromatic N) is 1. The van der Waals surface area contributed by atoms with Gasteiger partial charge in [-0.2, -0.15) is 5.26 Å². The molecule has 0 aliphatic carbocycles. The molecule has 0 aromatic carbocycles. The lowest BCUT2D eigenvalue weighted by Crippen LogP contribution is -2.34. The molecular weight excluding hydrogens is 218 g/mol. The Morgan fingerprint density at radius 3 is 2.53 bits per heavy atom. The van der Waals surface area contributed by atoms with Crippen molar-refractivity contribution in [2.45, 2.75) is 45.7 Å². The van der Waals surface area contributed by atoms with Gasteiger partial charge in [-0.25, -0.2) is 0 Å². The second-order valence-corrected chi connectivity index (χ2v) is 3.91. The Hall–Kier alpha value is -1.54. The van der Waals surface area contributed by atoms with Gasteiger partial charge in [-0.15, -0.1) is 0 Å². The van der Waals surface area contributed by atoms with Crippen molar-refractivity contribution in [1.29, 1.82) is 5.26 Å². The van der Waals surface area contributed by atoms with Crippen LogP contribution in [-0.2, 0) is 4.79 Å². The lowest BCUT2D eigenvalue weighted by molar-refractivity contribution is -0.117. The highest BCUT2D eigenvalue weighted by Gasteiger charge is 2.11. The molecule has 2 unspecified atom stereocenters. The van der Waals surface area contributed by atoms with Crippen LogP contribution in [0.2, 0.25) is 0 Å². The van der Waals surface area contributed by atoms with E-state index in [9.17, 15) is 4.79 Å². The summed E-state index contributed by atoms with van der Waals surface area (Å²) in [6, 6.07) is 1.75. The van der Waals surface area contributed by atoms with Crippen LogP contribution in [0.4, 0.5) is 0 Å². The van der Waals surface area contributed by atoms with E-state index in [4.69, 9.17) is 10.4 Å². The second-order valence-electron chi connectivity index (χ2n) is 3.91. The van der Waals surface area contributed by atoms with E-state index in [-0.39, 0.29) is 30.2 Å². The van der Waals surface area contributed by atoms with Gasteiger partial charge in [0.15, 0.2) is 0 Å². The van der Waals surface area contributed by atoms with Crippen LogP contribution in [0.1, 0.15) is 33.6 Å². The molecule has 0 bridgehead atoms. The van der Waals surface area contributed by atoms with Crippen molar-refractivity contribution in [1.82, 2.24) is 10.6 Å². The van der Waals surface area contributed by atoms with Crippen molar-refractivity contribution >= 4 is 5.91 Å². The normalized spacial score (nSPS) is 14.6. The number of nitrogens with one attached hydrogen (secondary N) is 2. The van der Waals surface area contributed by atoms with E-state index in [1.165, 1.54) is 6.20 Å². The van der Waals surface area contributed by atoms with E-state index in [2.05, 4.69) is 10.6 Å². The van der Waals surface area contributed by atoms with Gasteiger partial charge in [0.2, 0.25) is 0 Å². The third-order valence-corrected chi connectivity index (χ3v) is 2.53. The van der Waals surface area contributed by atoms with Gasteiger partial charge in [-0.1, -0.05) is 13.8 Å². The van der Waals surface area contributed by atoms with E-state index in [0.29, 0.717) is 0 Å². The zero-order valence-electron chi connectivity index (χ0n) is 10.7. The Bertz CT molecular complexity index is 303. The molecule has 0 rings (SSSR count). The fraction of sp³-hybridized carbons (Fsp3) is 0.667. The van der Waals surface area contributed by atoms with Crippen molar-refractivity contribution in [2.75, 3.05) is 6.61 Å². The lowest BCUT2D eigenvalue weighted by Gasteiger charge is -2.13. The molecule has 0 aliphatic rings. The summed E-state index contributed by atoms with van der Waals surface area (Å²) in [5.74, 6) is -0.387. The summed E-state index contributed by atoms with van der Waals surface area (Å²) in [6.45, 7) is 5.71. The summed E-state index contributed by atoms with van der Waals surface area (Å²) in [5.41, 5.74) is 0.0252. The van der Waals surface area contributed by atoms with Crippen LogP contribution < -0.4 is 10.6 Å². The molecule has 0 spiro atoms. The number of aliphatic hydroxyl groups excluding tert-OH is 1. The quantitative estimate of drug-likeness (QED) is 0.450. The molecule has 0 aliphatic heterocycles. The molecule has 3 N–H and O–H groups in total. The zero-order valence-corrected chi connectivity index (χ0v) is 10.7. The van der Waals surface area contributed by atoms with E-state index < -0.39 is 0 Å². The standard InChI is InChI=1S/C12H21N3O2/c1-4-9(3)15-12(17)10(6-13)7-14-11(5-2)8-16/h7,9,11,14,16H,4-5,8H2,1-3H3,(H,15,17)/b10-7-. The minimum absolute atomic E-state index is 0.0252. The first-order valence-corrected chi connectivity index (χ1v) is 5.86. The highest BCUT2D eigenvalue weighted by molar-refractivity contribution is 5.97. The SMILES string of the molecule is CCC(C)NC(=O)/C(C#N)=C\NC(CC)CO. The molecule has 0 radical (unpaired) electrons. The van der Waals surface area contributed by atoms with Crippen LogP contribution in [0.5, 0.6) is 0 Å². The Kier molecular flexibility index (Phi) is 7.82. The van der Waals surface area contributed by atoms with E-state index in [0.717, 1.165) is 12.8 Å². The van der Waals surface area contributed by atoms with Gasteiger partial charge >= 0.3 is 0 Å². The number of aliphatic hydroxyl groups is 1. The van der Waals surface area contributed by atoms with Crippen molar-refractivity contribution < 1.29 is 9.90 Å². The fourth-order valence-electron chi connectivity index (χ4n) is 1.05. The number of nitriles is 1. The molecule has 0 aromatic rings. The molecular formula is C12H21N3O2. The molecule has 0 saturated heterocycles. The first kappa shape index (κ1) is 15.5. The molecule has 17 heavy (non-hydrogen) atoms. The Labute approximate surface area is 103 Å². The Morgan fingerprint density at radius 2 is 2.12 bits per heavy atom. The van der Waals surface area contributed by atoms with Crippen LogP contribution in [-0.4, -0.2) is 29.7 Å². The maximum atomic E-state index is 11.6. The van der Waals surface area contributed by atoms with Crippen LogP contribution in [0.3, 0.4) is 0 Å². The van der Waals surface area contributed by atoms with Crippen molar-refractivity contribution in [3.8, 4) is 6.07 Å². The van der Waals surface area contributed by atoms with Gasteiger partial charge < -0.3 is 15.7 Å². The smallest absolute Gasteiger partial charge is 0.263 e. The van der Waals surface area contributed by atoms with Gasteiger partial charge in [0, 0.05) is 18.3 Å². The van der Waals surface area contributed by atoms with Gasteiger partial charge in [0.25, 0.3) is 5.91 Å². The van der Waals surface area contributed by atoms with Gasteiger partial charge in [-0.05, 0) is 19.8 Å². The first-order chi connectivity index (χ1) is 8.08. The Balaban J connectivity index is 4.46. The average Bonchev–Trinajstić information content (AvgIpc) is 2.34. The van der Waals surface area contributed by atoms with Crippen LogP contribution >= 0.6 is 0 Å². The third kappa shape index (κ3) is 5.93. The average molecular weight is 239 g/mol. The number of hydrogen-bond acceptors (Lipinski definition) is 4. The number of amides is 1. The highest BCUT2D eigenvalue weighted by Crippen LogP contribution is 1.96. The van der Waals surface area contributed by atoms with E-state index in [1.54, 1.807) is 0 Å². The third-order valence-electron chi connectivity index (χ3n) is 2.53. The summed E-state index contributed by atoms with van der Waals surface area (Å²) in [6.07, 6.45) is 2.90. The largest absolute Gasteiger partial charge is 0.394 e. The number of carbonyl (C=O) groups is 1. The highest BCUT2D eigenvalue weighted by atomic mass is 16.3. The van der Waals surface area contributed by atoms with Crippen molar-refractivity contribution in [2.24, 2.45) is 0 Å². The monoisotopic (exact) mass is 239 g/mol. The summed E-state index contributed by atoms with van der Waals surface area (Å²) >= 11 is 0. The Morgan fingerprint density at radius 1 is 1.47 bits per heavy atom. The predicted octanol–water partition coefficient (Wildman–Crippen LogP) is 0.669. The van der Waals surface area contributed by atoms with Gasteiger partial charge in [0.1, 0.15) is 11.6 Å². The molecule has 0 heterocycles. The molecule has 1 amide bonds. The lowest BCUT2D eigenvalue weighted by atomic mass is 10.2. The van der Waals surface area contributed by atoms with Crippen LogP contribution in [0.15, 0.2) is 11.8 Å². The number of hydrogen-bond donors (Lipinski definition) is 3. The number of carbonyl (C=O) groups excluding carboxylic acids is 1. The van der Waals surface area contributed by atoms with E-state index >= 15 is 0 Å². The second kappa shape index (κ2) is 8.59. The van der Waals surface area contributed by atoms with Crippen LogP contribution in [0, 0.1) is 11.3 Å². The minimum atomic E-state index is -0.387. The molecule has 0 fully saturated rings. The predicted molar refractivity (Wildman–Crippen MR) is 65.9 cm³/mol. The molecule has 0 aromatic heterocycles. The maximum absolute atomic E-state index is 11.6. The van der Waals surface area contributed by atoms with Gasteiger partial charge in [-0.3, -0.25) is 4.79 Å². The van der Waals surface area contributed by atoms with Gasteiger partial charge in [0.05, 0.1) is 6.61 Å². The topological polar surface area (TPSA) is 85.2 Å². The van der Waals surface area contributed by atoms with Crippen molar-refractivity contribution in [3.05, 3.63) is 11.8 Å². The maximum Gasteiger partial charge on any atom is 0.263 e. The van der Waals surface area contributed by atoms with E-state index in [1.807, 2.05) is 26.8 Å². The molecule has 5 nitrogen and oxygen atoms in total. The summed E-state index contributed by atoms with van der Waals surface area (Å²) in [4.78, 5) is 11.6. The summed E-state index contributed by atoms with van der Waals surface area (Å²) in [5, 5.41) is 23.4. The molecule has 0 saturated carbocycles. The van der Waals surface area contributed by atoms with Crippen molar-refractivity contribution in [3.63, 3.8) is 0 Å². The minimum Gasteiger partial charge on any atom is -0.394 e. The summed E-state index contributed by atoms with van der Waals surface area (Å²) < 4.78 is 0. The molecule has 2 atom stereocenters. The fourth-order valence-corrected chi connectivity index (χ4v) is 1.05. The first-order valence-electron chi connectivity index (χ1n) is 5.86.